The van der Waals surface area contributed by atoms with Crippen LogP contribution in [0.25, 0.3) is 0 Å². The summed E-state index contributed by atoms with van der Waals surface area (Å²) in [6.45, 7) is 7.20. The third kappa shape index (κ3) is 5.64. The van der Waals surface area contributed by atoms with Crippen molar-refractivity contribution in [3.63, 3.8) is 0 Å². The van der Waals surface area contributed by atoms with Gasteiger partial charge in [-0.05, 0) is 36.8 Å². The van der Waals surface area contributed by atoms with Crippen molar-refractivity contribution >= 4 is 17.7 Å². The summed E-state index contributed by atoms with van der Waals surface area (Å²) in [5, 5.41) is 3.36. The van der Waals surface area contributed by atoms with Crippen molar-refractivity contribution < 1.29 is 9.53 Å². The van der Waals surface area contributed by atoms with Gasteiger partial charge in [-0.3, -0.25) is 4.79 Å². The normalized spacial score (nSPS) is 10.6. The van der Waals surface area contributed by atoms with E-state index in [0.717, 1.165) is 21.8 Å². The summed E-state index contributed by atoms with van der Waals surface area (Å²) in [6, 6.07) is 15.6. The van der Waals surface area contributed by atoms with E-state index in [0.29, 0.717) is 18.4 Å². The summed E-state index contributed by atoms with van der Waals surface area (Å²) in [5.41, 5.74) is 1.88. The molecule has 1 amide bonds. The highest BCUT2D eigenvalue weighted by atomic mass is 32.2. The Balaban J connectivity index is 1.85. The largest absolute Gasteiger partial charge is 0.492 e. The van der Waals surface area contributed by atoms with Crippen LogP contribution in [0.3, 0.4) is 0 Å². The molecule has 0 heterocycles. The lowest BCUT2D eigenvalue weighted by Crippen LogP contribution is -2.28. The molecule has 0 atom stereocenters. The van der Waals surface area contributed by atoms with Crippen molar-refractivity contribution in [3.8, 4) is 5.75 Å². The topological polar surface area (TPSA) is 38.3 Å². The highest BCUT2D eigenvalue weighted by Crippen LogP contribution is 2.26. The SMILES string of the molecule is Cc1cccc(OCCNC(=O)c2ccccc2SC(C)C)c1. The molecule has 0 aliphatic carbocycles. The number of carbonyl (C=O) groups excluding carboxylic acids is 1. The van der Waals surface area contributed by atoms with E-state index in [2.05, 4.69) is 19.2 Å². The van der Waals surface area contributed by atoms with Gasteiger partial charge in [0.05, 0.1) is 12.1 Å². The third-order valence-electron chi connectivity index (χ3n) is 3.14. The van der Waals surface area contributed by atoms with E-state index in [1.807, 2.05) is 55.5 Å². The van der Waals surface area contributed by atoms with Gasteiger partial charge in [0.1, 0.15) is 12.4 Å². The molecule has 0 saturated carbocycles. The van der Waals surface area contributed by atoms with E-state index in [4.69, 9.17) is 4.74 Å². The molecule has 0 aliphatic rings. The number of carbonyl (C=O) groups is 1. The summed E-state index contributed by atoms with van der Waals surface area (Å²) >= 11 is 1.70. The number of nitrogens with one attached hydrogen (secondary N) is 1. The first-order valence-corrected chi connectivity index (χ1v) is 8.67. The lowest BCUT2D eigenvalue weighted by atomic mass is 10.2. The Morgan fingerprint density at radius 2 is 1.96 bits per heavy atom. The van der Waals surface area contributed by atoms with Gasteiger partial charge in [-0.2, -0.15) is 0 Å². The number of ether oxygens (including phenoxy) is 1. The first-order valence-electron chi connectivity index (χ1n) is 7.79. The zero-order valence-corrected chi connectivity index (χ0v) is 14.7. The maximum absolute atomic E-state index is 12.3. The molecule has 2 aromatic rings. The van der Waals surface area contributed by atoms with Crippen LogP contribution in [-0.2, 0) is 0 Å². The second-order valence-corrected chi connectivity index (χ2v) is 7.20. The molecule has 0 saturated heterocycles. The molecule has 2 rings (SSSR count). The molecule has 0 bridgehead atoms. The van der Waals surface area contributed by atoms with Gasteiger partial charge in [0, 0.05) is 10.1 Å². The molecule has 0 aromatic heterocycles. The second kappa shape index (κ2) is 8.63. The van der Waals surface area contributed by atoms with Crippen LogP contribution in [0.4, 0.5) is 0 Å². The summed E-state index contributed by atoms with van der Waals surface area (Å²) in [7, 11) is 0. The molecule has 0 aliphatic heterocycles. The summed E-state index contributed by atoms with van der Waals surface area (Å²) in [4.78, 5) is 13.3. The number of hydrogen-bond donors (Lipinski definition) is 1. The first kappa shape index (κ1) is 17.4. The van der Waals surface area contributed by atoms with Crippen molar-refractivity contribution in [2.75, 3.05) is 13.2 Å². The van der Waals surface area contributed by atoms with Crippen LogP contribution in [0.5, 0.6) is 5.75 Å². The standard InChI is InChI=1S/C19H23NO2S/c1-14(2)23-18-10-5-4-9-17(18)19(21)20-11-12-22-16-8-6-7-15(3)13-16/h4-10,13-14H,11-12H2,1-3H3,(H,20,21). The van der Waals surface area contributed by atoms with Crippen LogP contribution in [0.15, 0.2) is 53.4 Å². The van der Waals surface area contributed by atoms with Crippen LogP contribution in [-0.4, -0.2) is 24.3 Å². The molecule has 0 unspecified atom stereocenters. The van der Waals surface area contributed by atoms with E-state index in [1.165, 1.54) is 0 Å². The van der Waals surface area contributed by atoms with Gasteiger partial charge in [-0.15, -0.1) is 11.8 Å². The minimum atomic E-state index is -0.0541. The monoisotopic (exact) mass is 329 g/mol. The van der Waals surface area contributed by atoms with E-state index in [-0.39, 0.29) is 5.91 Å². The van der Waals surface area contributed by atoms with Crippen LogP contribution in [0, 0.1) is 6.92 Å². The number of thioether (sulfide) groups is 1. The van der Waals surface area contributed by atoms with Crippen molar-refractivity contribution in [1.82, 2.24) is 5.32 Å². The average molecular weight is 329 g/mol. The fourth-order valence-electron chi connectivity index (χ4n) is 2.14. The second-order valence-electron chi connectivity index (χ2n) is 5.58. The number of benzene rings is 2. The Labute approximate surface area is 142 Å². The van der Waals surface area contributed by atoms with Gasteiger partial charge in [0.2, 0.25) is 0 Å². The number of amides is 1. The lowest BCUT2D eigenvalue weighted by molar-refractivity contribution is 0.0944. The minimum absolute atomic E-state index is 0.0541. The maximum atomic E-state index is 12.3. The van der Waals surface area contributed by atoms with Crippen LogP contribution < -0.4 is 10.1 Å². The lowest BCUT2D eigenvalue weighted by Gasteiger charge is -2.12. The Morgan fingerprint density at radius 3 is 2.70 bits per heavy atom. The highest BCUT2D eigenvalue weighted by molar-refractivity contribution is 8.00. The van der Waals surface area contributed by atoms with E-state index in [1.54, 1.807) is 11.8 Å². The Hall–Kier alpha value is -1.94. The zero-order valence-electron chi connectivity index (χ0n) is 13.8. The third-order valence-corrected chi connectivity index (χ3v) is 4.22. The average Bonchev–Trinajstić information content (AvgIpc) is 2.51. The van der Waals surface area contributed by atoms with E-state index < -0.39 is 0 Å². The zero-order chi connectivity index (χ0) is 16.7. The molecule has 1 N–H and O–H groups in total. The quantitative estimate of drug-likeness (QED) is 0.608. The van der Waals surface area contributed by atoms with Crippen molar-refractivity contribution in [2.45, 2.75) is 30.9 Å². The van der Waals surface area contributed by atoms with Crippen molar-refractivity contribution in [3.05, 3.63) is 59.7 Å². The van der Waals surface area contributed by atoms with Crippen molar-refractivity contribution in [1.29, 1.82) is 0 Å². The molecule has 2 aromatic carbocycles. The predicted molar refractivity (Wildman–Crippen MR) is 96.4 cm³/mol. The molecule has 4 heteroatoms. The molecule has 3 nitrogen and oxygen atoms in total. The fourth-order valence-corrected chi connectivity index (χ4v) is 3.10. The number of aryl methyl sites for hydroxylation is 1. The molecule has 0 fully saturated rings. The van der Waals surface area contributed by atoms with Crippen LogP contribution >= 0.6 is 11.8 Å². The Kier molecular flexibility index (Phi) is 6.53. The Bertz CT molecular complexity index is 655. The van der Waals surface area contributed by atoms with Crippen LogP contribution in [0.1, 0.15) is 29.8 Å². The molecule has 122 valence electrons. The van der Waals surface area contributed by atoms with Gasteiger partial charge in [0.15, 0.2) is 0 Å². The predicted octanol–water partition coefficient (Wildman–Crippen LogP) is 4.30. The highest BCUT2D eigenvalue weighted by Gasteiger charge is 2.11. The van der Waals surface area contributed by atoms with Crippen molar-refractivity contribution in [2.24, 2.45) is 0 Å². The van der Waals surface area contributed by atoms with Gasteiger partial charge < -0.3 is 10.1 Å². The summed E-state index contributed by atoms with van der Waals surface area (Å²) < 4.78 is 5.65. The first-order chi connectivity index (χ1) is 11.1. The summed E-state index contributed by atoms with van der Waals surface area (Å²) in [5.74, 6) is 0.775. The van der Waals surface area contributed by atoms with Gasteiger partial charge in [-0.1, -0.05) is 38.1 Å². The summed E-state index contributed by atoms with van der Waals surface area (Å²) in [6.07, 6.45) is 0. The van der Waals surface area contributed by atoms with Gasteiger partial charge >= 0.3 is 0 Å². The van der Waals surface area contributed by atoms with E-state index >= 15 is 0 Å². The Morgan fingerprint density at radius 1 is 1.17 bits per heavy atom. The molecule has 0 spiro atoms. The number of hydrogen-bond acceptors (Lipinski definition) is 3. The van der Waals surface area contributed by atoms with Gasteiger partial charge in [-0.25, -0.2) is 0 Å². The molecule has 23 heavy (non-hydrogen) atoms. The number of rotatable bonds is 7. The molecular formula is C19H23NO2S. The van der Waals surface area contributed by atoms with E-state index in [9.17, 15) is 4.79 Å². The minimum Gasteiger partial charge on any atom is -0.492 e. The van der Waals surface area contributed by atoms with Crippen LogP contribution in [0.2, 0.25) is 0 Å². The maximum Gasteiger partial charge on any atom is 0.252 e. The molecular weight excluding hydrogens is 306 g/mol. The smallest absolute Gasteiger partial charge is 0.252 e. The fraction of sp³-hybridized carbons (Fsp3) is 0.316. The van der Waals surface area contributed by atoms with Gasteiger partial charge in [0.25, 0.3) is 5.91 Å². The molecule has 0 radical (unpaired) electrons.